The SMILES string of the molecule is CCCCn1c(=O)[nH]c(=O)c2c1nc(CCC(=O)NCC(=O)OC)n2CC(C)C. The molecule has 0 radical (unpaired) electrons. The summed E-state index contributed by atoms with van der Waals surface area (Å²) in [5.41, 5.74) is -0.267. The highest BCUT2D eigenvalue weighted by Crippen LogP contribution is 2.16. The van der Waals surface area contributed by atoms with Crippen molar-refractivity contribution in [1.29, 1.82) is 0 Å². The molecular formula is C19H29N5O5. The summed E-state index contributed by atoms with van der Waals surface area (Å²) >= 11 is 0. The van der Waals surface area contributed by atoms with Gasteiger partial charge in [-0.05, 0) is 12.3 Å². The number of hydrogen-bond acceptors (Lipinski definition) is 6. The van der Waals surface area contributed by atoms with Crippen LogP contribution >= 0.6 is 0 Å². The van der Waals surface area contributed by atoms with Crippen LogP contribution in [0.25, 0.3) is 11.2 Å². The number of nitrogens with one attached hydrogen (secondary N) is 2. The molecule has 0 saturated heterocycles. The maximum Gasteiger partial charge on any atom is 0.330 e. The van der Waals surface area contributed by atoms with Crippen molar-refractivity contribution >= 4 is 23.0 Å². The molecule has 2 rings (SSSR count). The van der Waals surface area contributed by atoms with Crippen LogP contribution in [0, 0.1) is 5.92 Å². The molecule has 10 heteroatoms. The number of carbonyl (C=O) groups excluding carboxylic acids is 2. The number of aromatic nitrogens is 4. The average molecular weight is 407 g/mol. The lowest BCUT2D eigenvalue weighted by Crippen LogP contribution is -2.31. The number of aromatic amines is 1. The normalized spacial score (nSPS) is 11.2. The van der Waals surface area contributed by atoms with Crippen molar-refractivity contribution in [1.82, 2.24) is 24.4 Å². The minimum atomic E-state index is -0.531. The predicted octanol–water partition coefficient (Wildman–Crippen LogP) is 0.564. The third-order valence-electron chi connectivity index (χ3n) is 4.48. The van der Waals surface area contributed by atoms with Crippen LogP contribution in [0.15, 0.2) is 9.59 Å². The number of unbranched alkanes of at least 4 members (excludes halogenated alkanes) is 1. The van der Waals surface area contributed by atoms with Crippen molar-refractivity contribution < 1.29 is 14.3 Å². The molecule has 1 amide bonds. The van der Waals surface area contributed by atoms with Gasteiger partial charge in [-0.25, -0.2) is 9.78 Å². The minimum absolute atomic E-state index is 0.0928. The topological polar surface area (TPSA) is 128 Å². The summed E-state index contributed by atoms with van der Waals surface area (Å²) < 4.78 is 7.77. The number of hydrogen-bond donors (Lipinski definition) is 2. The van der Waals surface area contributed by atoms with Gasteiger partial charge in [0.15, 0.2) is 11.2 Å². The first kappa shape index (κ1) is 22.4. The van der Waals surface area contributed by atoms with Crippen LogP contribution < -0.4 is 16.6 Å². The Morgan fingerprint density at radius 2 is 1.97 bits per heavy atom. The Bertz CT molecular complexity index is 985. The molecule has 0 aromatic carbocycles. The van der Waals surface area contributed by atoms with Gasteiger partial charge in [-0.3, -0.25) is 23.9 Å². The molecule has 160 valence electrons. The van der Waals surface area contributed by atoms with Crippen LogP contribution in [0.4, 0.5) is 0 Å². The van der Waals surface area contributed by atoms with Gasteiger partial charge in [0.25, 0.3) is 5.56 Å². The molecule has 29 heavy (non-hydrogen) atoms. The van der Waals surface area contributed by atoms with Gasteiger partial charge in [0.05, 0.1) is 7.11 Å². The summed E-state index contributed by atoms with van der Waals surface area (Å²) in [6, 6.07) is 0. The Morgan fingerprint density at radius 1 is 1.24 bits per heavy atom. The van der Waals surface area contributed by atoms with E-state index in [0.29, 0.717) is 30.1 Å². The van der Waals surface area contributed by atoms with Crippen LogP contribution in [0.5, 0.6) is 0 Å². The Labute approximate surface area is 168 Å². The first-order valence-electron chi connectivity index (χ1n) is 9.84. The summed E-state index contributed by atoms with van der Waals surface area (Å²) in [7, 11) is 1.25. The highest BCUT2D eigenvalue weighted by Gasteiger charge is 2.19. The molecule has 0 fully saturated rings. The molecule has 0 aliphatic rings. The Balaban J connectivity index is 2.39. The van der Waals surface area contributed by atoms with Gasteiger partial charge in [0.2, 0.25) is 5.91 Å². The summed E-state index contributed by atoms with van der Waals surface area (Å²) in [4.78, 5) is 55.0. The lowest BCUT2D eigenvalue weighted by Gasteiger charge is -2.11. The quantitative estimate of drug-likeness (QED) is 0.554. The van der Waals surface area contributed by atoms with Crippen molar-refractivity contribution in [3.8, 4) is 0 Å². The monoisotopic (exact) mass is 407 g/mol. The second-order valence-electron chi connectivity index (χ2n) is 7.32. The van der Waals surface area contributed by atoms with E-state index in [1.165, 1.54) is 11.7 Å². The highest BCUT2D eigenvalue weighted by atomic mass is 16.5. The number of fused-ring (bicyclic) bond motifs is 1. The van der Waals surface area contributed by atoms with Crippen molar-refractivity contribution in [2.75, 3.05) is 13.7 Å². The van der Waals surface area contributed by atoms with Crippen LogP contribution in [-0.2, 0) is 33.8 Å². The zero-order valence-electron chi connectivity index (χ0n) is 17.4. The average Bonchev–Trinajstić information content (AvgIpc) is 3.02. The van der Waals surface area contributed by atoms with Crippen LogP contribution in [0.1, 0.15) is 45.9 Å². The molecule has 0 unspecified atom stereocenters. The van der Waals surface area contributed by atoms with Crippen molar-refractivity contribution in [3.05, 3.63) is 26.7 Å². The fourth-order valence-corrected chi connectivity index (χ4v) is 3.05. The third-order valence-corrected chi connectivity index (χ3v) is 4.48. The molecule has 0 aliphatic carbocycles. The summed E-state index contributed by atoms with van der Waals surface area (Å²) in [6.45, 7) is 6.84. The molecule has 2 aromatic heterocycles. The molecule has 0 bridgehead atoms. The lowest BCUT2D eigenvalue weighted by atomic mass is 10.2. The number of amides is 1. The van der Waals surface area contributed by atoms with Gasteiger partial charge in [-0.1, -0.05) is 27.2 Å². The smallest absolute Gasteiger partial charge is 0.330 e. The largest absolute Gasteiger partial charge is 0.468 e. The number of methoxy groups -OCH3 is 1. The van der Waals surface area contributed by atoms with E-state index >= 15 is 0 Å². The number of H-pyrrole nitrogens is 1. The molecule has 2 N–H and O–H groups in total. The Kier molecular flexibility index (Phi) is 7.74. The number of carbonyl (C=O) groups is 2. The van der Waals surface area contributed by atoms with Crippen molar-refractivity contribution in [2.24, 2.45) is 5.92 Å². The second-order valence-corrected chi connectivity index (χ2v) is 7.32. The number of imidazole rings is 1. The molecule has 0 spiro atoms. The minimum Gasteiger partial charge on any atom is -0.468 e. The van der Waals surface area contributed by atoms with Gasteiger partial charge in [0, 0.05) is 25.9 Å². The van der Waals surface area contributed by atoms with E-state index in [9.17, 15) is 19.2 Å². The highest BCUT2D eigenvalue weighted by molar-refractivity contribution is 5.82. The van der Waals surface area contributed by atoms with Gasteiger partial charge in [0.1, 0.15) is 12.4 Å². The zero-order valence-corrected chi connectivity index (χ0v) is 17.4. The van der Waals surface area contributed by atoms with E-state index in [1.807, 2.05) is 20.8 Å². The molecule has 0 atom stereocenters. The third kappa shape index (κ3) is 5.55. The first-order chi connectivity index (χ1) is 13.8. The van der Waals surface area contributed by atoms with E-state index in [-0.39, 0.29) is 31.2 Å². The van der Waals surface area contributed by atoms with E-state index in [2.05, 4.69) is 20.0 Å². The lowest BCUT2D eigenvalue weighted by molar-refractivity contribution is -0.141. The fourth-order valence-electron chi connectivity index (χ4n) is 3.05. The van der Waals surface area contributed by atoms with Crippen molar-refractivity contribution in [3.63, 3.8) is 0 Å². The number of nitrogens with zero attached hydrogens (tertiary/aromatic N) is 3. The first-order valence-corrected chi connectivity index (χ1v) is 9.84. The molecule has 0 aliphatic heterocycles. The van der Waals surface area contributed by atoms with Gasteiger partial charge < -0.3 is 14.6 Å². The number of rotatable bonds is 10. The van der Waals surface area contributed by atoms with E-state index in [0.717, 1.165) is 12.8 Å². The second kappa shape index (κ2) is 10.0. The predicted molar refractivity (Wildman–Crippen MR) is 108 cm³/mol. The van der Waals surface area contributed by atoms with E-state index in [4.69, 9.17) is 0 Å². The molecule has 10 nitrogen and oxygen atoms in total. The molecule has 2 heterocycles. The van der Waals surface area contributed by atoms with E-state index in [1.54, 1.807) is 4.57 Å². The Morgan fingerprint density at radius 3 is 2.59 bits per heavy atom. The van der Waals surface area contributed by atoms with Gasteiger partial charge in [-0.2, -0.15) is 0 Å². The maximum absolute atomic E-state index is 12.5. The standard InChI is InChI=1S/C19H29N5O5/c1-5-6-9-23-17-16(18(27)22-19(23)28)24(11-12(2)3)13(21-17)7-8-14(25)20-10-15(26)29-4/h12H,5-11H2,1-4H3,(H,20,25)(H,22,27,28). The zero-order chi connectivity index (χ0) is 21.6. The summed E-state index contributed by atoms with van der Waals surface area (Å²) in [6.07, 6.45) is 2.04. The van der Waals surface area contributed by atoms with Gasteiger partial charge in [-0.15, -0.1) is 0 Å². The van der Waals surface area contributed by atoms with E-state index < -0.39 is 17.2 Å². The number of ether oxygens (including phenoxy) is 1. The van der Waals surface area contributed by atoms with Crippen LogP contribution in [0.3, 0.4) is 0 Å². The van der Waals surface area contributed by atoms with Gasteiger partial charge >= 0.3 is 11.7 Å². The Hall–Kier alpha value is -2.91. The molecular weight excluding hydrogens is 378 g/mol. The summed E-state index contributed by atoms with van der Waals surface area (Å²) in [5, 5.41) is 2.48. The number of esters is 1. The summed E-state index contributed by atoms with van der Waals surface area (Å²) in [5.74, 6) is -0.0642. The fraction of sp³-hybridized carbons (Fsp3) is 0.632. The molecule has 0 saturated carbocycles. The number of aryl methyl sites for hydroxylation is 2. The van der Waals surface area contributed by atoms with Crippen LogP contribution in [0.2, 0.25) is 0 Å². The molecule has 2 aromatic rings. The van der Waals surface area contributed by atoms with Crippen molar-refractivity contribution in [2.45, 2.75) is 59.5 Å². The maximum atomic E-state index is 12.5. The van der Waals surface area contributed by atoms with Crippen LogP contribution in [-0.4, -0.2) is 44.6 Å².